The molecular weight excluding hydrogens is 351 g/mol. The summed E-state index contributed by atoms with van der Waals surface area (Å²) in [6.07, 6.45) is 0.821. The van der Waals surface area contributed by atoms with E-state index in [1.54, 1.807) is 12.1 Å². The SMILES string of the molecule is Cc1sc2ccc(Cl)cc2c1S(=O)(=O)NC1CCNC1.Cl. The van der Waals surface area contributed by atoms with Gasteiger partial charge in [0.1, 0.15) is 4.90 Å². The van der Waals surface area contributed by atoms with Gasteiger partial charge in [0.2, 0.25) is 10.0 Å². The van der Waals surface area contributed by atoms with E-state index < -0.39 is 10.0 Å². The van der Waals surface area contributed by atoms with Gasteiger partial charge in [-0.15, -0.1) is 23.7 Å². The van der Waals surface area contributed by atoms with Crippen LogP contribution in [0.2, 0.25) is 5.02 Å². The van der Waals surface area contributed by atoms with Crippen molar-refractivity contribution in [3.8, 4) is 0 Å². The van der Waals surface area contributed by atoms with Gasteiger partial charge in [-0.05, 0) is 38.1 Å². The average Bonchev–Trinajstić information content (AvgIpc) is 2.94. The second kappa shape index (κ2) is 6.40. The number of rotatable bonds is 3. The van der Waals surface area contributed by atoms with Crippen molar-refractivity contribution < 1.29 is 8.42 Å². The van der Waals surface area contributed by atoms with Crippen LogP contribution in [0.25, 0.3) is 10.1 Å². The normalized spacial score (nSPS) is 18.9. The summed E-state index contributed by atoms with van der Waals surface area (Å²) in [6.45, 7) is 3.36. The quantitative estimate of drug-likeness (QED) is 0.877. The number of benzene rings is 1. The van der Waals surface area contributed by atoms with Gasteiger partial charge in [-0.2, -0.15) is 0 Å². The van der Waals surface area contributed by atoms with Crippen LogP contribution in [0.3, 0.4) is 0 Å². The van der Waals surface area contributed by atoms with E-state index in [1.165, 1.54) is 11.3 Å². The molecule has 1 aliphatic heterocycles. The summed E-state index contributed by atoms with van der Waals surface area (Å²) >= 11 is 7.48. The molecule has 1 saturated heterocycles. The van der Waals surface area contributed by atoms with Crippen molar-refractivity contribution in [1.29, 1.82) is 0 Å². The smallest absolute Gasteiger partial charge is 0.242 e. The van der Waals surface area contributed by atoms with Crippen LogP contribution in [0.5, 0.6) is 0 Å². The number of thiophene rings is 1. The van der Waals surface area contributed by atoms with Gasteiger partial charge in [0, 0.05) is 32.6 Å². The van der Waals surface area contributed by atoms with E-state index in [9.17, 15) is 8.42 Å². The predicted octanol–water partition coefficient (Wildman–Crippen LogP) is 2.93. The molecule has 1 aromatic heterocycles. The topological polar surface area (TPSA) is 58.2 Å². The minimum absolute atomic E-state index is 0. The van der Waals surface area contributed by atoms with Gasteiger partial charge in [-0.3, -0.25) is 0 Å². The van der Waals surface area contributed by atoms with Crippen LogP contribution < -0.4 is 10.0 Å². The lowest BCUT2D eigenvalue weighted by Crippen LogP contribution is -2.36. The Kier molecular flexibility index (Phi) is 5.18. The van der Waals surface area contributed by atoms with Crippen LogP contribution in [0, 0.1) is 6.92 Å². The predicted molar refractivity (Wildman–Crippen MR) is 90.4 cm³/mol. The molecule has 0 bridgehead atoms. The van der Waals surface area contributed by atoms with Gasteiger partial charge in [0.05, 0.1) is 0 Å². The molecule has 1 fully saturated rings. The highest BCUT2D eigenvalue weighted by Crippen LogP contribution is 2.35. The van der Waals surface area contributed by atoms with E-state index in [4.69, 9.17) is 11.6 Å². The maximum absolute atomic E-state index is 12.6. The Morgan fingerprint density at radius 2 is 2.19 bits per heavy atom. The molecule has 21 heavy (non-hydrogen) atoms. The van der Waals surface area contributed by atoms with Crippen molar-refractivity contribution in [2.45, 2.75) is 24.3 Å². The Balaban J connectivity index is 0.00000161. The maximum Gasteiger partial charge on any atom is 0.242 e. The fourth-order valence-electron chi connectivity index (χ4n) is 2.54. The second-order valence-corrected chi connectivity index (χ2v) is 8.28. The van der Waals surface area contributed by atoms with Gasteiger partial charge in [0.25, 0.3) is 0 Å². The Labute approximate surface area is 139 Å². The first-order valence-electron chi connectivity index (χ1n) is 6.39. The van der Waals surface area contributed by atoms with E-state index in [-0.39, 0.29) is 18.4 Å². The number of fused-ring (bicyclic) bond motifs is 1. The molecule has 3 rings (SSSR count). The van der Waals surface area contributed by atoms with Crippen LogP contribution in [0.4, 0.5) is 0 Å². The molecule has 116 valence electrons. The van der Waals surface area contributed by atoms with Gasteiger partial charge < -0.3 is 5.32 Å². The van der Waals surface area contributed by atoms with Gasteiger partial charge in [0.15, 0.2) is 0 Å². The summed E-state index contributed by atoms with van der Waals surface area (Å²) in [5.41, 5.74) is 0. The standard InChI is InChI=1S/C13H15ClN2O2S2.ClH/c1-8-13(11-6-9(14)2-3-12(11)19-8)20(17,18)16-10-4-5-15-7-10;/h2-3,6,10,15-16H,4-5,7H2,1H3;1H. The highest BCUT2D eigenvalue weighted by Gasteiger charge is 2.27. The molecule has 4 nitrogen and oxygen atoms in total. The van der Waals surface area contributed by atoms with E-state index in [1.807, 2.05) is 13.0 Å². The van der Waals surface area contributed by atoms with Crippen molar-refractivity contribution in [3.05, 3.63) is 28.1 Å². The molecule has 1 aromatic carbocycles. The second-order valence-electron chi connectivity index (χ2n) is 4.94. The number of sulfonamides is 1. The molecule has 2 aromatic rings. The lowest BCUT2D eigenvalue weighted by atomic mass is 10.2. The summed E-state index contributed by atoms with van der Waals surface area (Å²) in [6, 6.07) is 5.34. The summed E-state index contributed by atoms with van der Waals surface area (Å²) in [5, 5.41) is 4.41. The molecule has 0 radical (unpaired) electrons. The van der Waals surface area contributed by atoms with Crippen molar-refractivity contribution in [2.24, 2.45) is 0 Å². The van der Waals surface area contributed by atoms with E-state index in [0.29, 0.717) is 21.8 Å². The number of hydrogen-bond donors (Lipinski definition) is 2. The Morgan fingerprint density at radius 3 is 2.86 bits per heavy atom. The molecule has 0 amide bonds. The van der Waals surface area contributed by atoms with Crippen molar-refractivity contribution in [3.63, 3.8) is 0 Å². The maximum atomic E-state index is 12.6. The van der Waals surface area contributed by atoms with Crippen LogP contribution >= 0.6 is 35.3 Å². The molecule has 2 heterocycles. The molecule has 1 unspecified atom stereocenters. The van der Waals surface area contributed by atoms with Crippen LogP contribution in [-0.2, 0) is 10.0 Å². The third-order valence-electron chi connectivity index (χ3n) is 3.42. The minimum Gasteiger partial charge on any atom is -0.315 e. The van der Waals surface area contributed by atoms with Crippen molar-refractivity contribution >= 4 is 55.5 Å². The summed E-state index contributed by atoms with van der Waals surface area (Å²) in [7, 11) is -3.51. The first-order valence-corrected chi connectivity index (χ1v) is 9.07. The third-order valence-corrected chi connectivity index (χ3v) is 6.58. The number of nitrogens with one attached hydrogen (secondary N) is 2. The molecule has 1 aliphatic rings. The summed E-state index contributed by atoms with van der Waals surface area (Å²) in [4.78, 5) is 1.16. The zero-order valence-corrected chi connectivity index (χ0v) is 14.6. The van der Waals surface area contributed by atoms with Crippen molar-refractivity contribution in [2.75, 3.05) is 13.1 Å². The average molecular weight is 367 g/mol. The molecule has 8 heteroatoms. The fourth-order valence-corrected chi connectivity index (χ4v) is 5.76. The first-order chi connectivity index (χ1) is 9.47. The summed E-state index contributed by atoms with van der Waals surface area (Å²) in [5.74, 6) is 0. The van der Waals surface area contributed by atoms with Gasteiger partial charge in [-0.25, -0.2) is 13.1 Å². The molecule has 0 saturated carbocycles. The van der Waals surface area contributed by atoms with Crippen LogP contribution in [-0.4, -0.2) is 27.5 Å². The largest absolute Gasteiger partial charge is 0.315 e. The monoisotopic (exact) mass is 366 g/mol. The molecule has 0 spiro atoms. The highest BCUT2D eigenvalue weighted by molar-refractivity contribution is 7.90. The minimum atomic E-state index is -3.51. The van der Waals surface area contributed by atoms with E-state index in [0.717, 1.165) is 22.5 Å². The lowest BCUT2D eigenvalue weighted by Gasteiger charge is -2.12. The van der Waals surface area contributed by atoms with Gasteiger partial charge >= 0.3 is 0 Å². The van der Waals surface area contributed by atoms with Crippen LogP contribution in [0.15, 0.2) is 23.1 Å². The Hall–Kier alpha value is -0.370. The molecule has 2 N–H and O–H groups in total. The zero-order chi connectivity index (χ0) is 14.3. The summed E-state index contributed by atoms with van der Waals surface area (Å²) < 4.78 is 29.0. The molecule has 1 atom stereocenters. The third kappa shape index (κ3) is 3.36. The van der Waals surface area contributed by atoms with Crippen molar-refractivity contribution in [1.82, 2.24) is 10.0 Å². The number of halogens is 2. The van der Waals surface area contributed by atoms with Crippen LogP contribution in [0.1, 0.15) is 11.3 Å². The lowest BCUT2D eigenvalue weighted by molar-refractivity contribution is 0.561. The first kappa shape index (κ1) is 17.0. The molecule has 0 aliphatic carbocycles. The molecular formula is C13H16Cl2N2O2S2. The zero-order valence-electron chi connectivity index (χ0n) is 11.3. The van der Waals surface area contributed by atoms with Gasteiger partial charge in [-0.1, -0.05) is 11.6 Å². The van der Waals surface area contributed by atoms with E-state index >= 15 is 0 Å². The highest BCUT2D eigenvalue weighted by atomic mass is 35.5. The fraction of sp³-hybridized carbons (Fsp3) is 0.385. The Bertz CT molecular complexity index is 753. The number of aryl methyl sites for hydroxylation is 1. The number of hydrogen-bond acceptors (Lipinski definition) is 4. The Morgan fingerprint density at radius 1 is 1.43 bits per heavy atom. The van der Waals surface area contributed by atoms with E-state index in [2.05, 4.69) is 10.0 Å².